The first-order valence-corrected chi connectivity index (χ1v) is 4.44. The van der Waals surface area contributed by atoms with Gasteiger partial charge in [-0.1, -0.05) is 6.07 Å². The summed E-state index contributed by atoms with van der Waals surface area (Å²) in [6.45, 7) is 1.63. The highest BCUT2D eigenvalue weighted by Gasteiger charge is 2.08. The number of aromatic nitrogens is 1. The standard InChI is InChI=1S/C9H11NO2S/c1-7(11)12-6-9(13)8-4-2-3-5-10-8/h2-5,9,13H,6H2,1H3. The van der Waals surface area contributed by atoms with Crippen molar-refractivity contribution in [3.63, 3.8) is 0 Å². The third-order valence-electron chi connectivity index (χ3n) is 1.47. The molecule has 0 amide bonds. The highest BCUT2D eigenvalue weighted by Crippen LogP contribution is 2.16. The molecule has 0 saturated carbocycles. The van der Waals surface area contributed by atoms with Crippen LogP contribution in [0, 0.1) is 0 Å². The van der Waals surface area contributed by atoms with Gasteiger partial charge in [0.15, 0.2) is 0 Å². The lowest BCUT2D eigenvalue weighted by molar-refractivity contribution is -0.140. The molecule has 70 valence electrons. The van der Waals surface area contributed by atoms with Crippen LogP contribution in [0.15, 0.2) is 24.4 Å². The third kappa shape index (κ3) is 3.46. The van der Waals surface area contributed by atoms with Crippen LogP contribution >= 0.6 is 12.6 Å². The summed E-state index contributed by atoms with van der Waals surface area (Å²) < 4.78 is 4.80. The minimum absolute atomic E-state index is 0.148. The molecule has 1 aromatic rings. The topological polar surface area (TPSA) is 39.2 Å². The fourth-order valence-electron chi connectivity index (χ4n) is 0.855. The minimum Gasteiger partial charge on any atom is -0.464 e. The average Bonchev–Trinajstić information content (AvgIpc) is 2.15. The molecule has 0 aliphatic carbocycles. The van der Waals surface area contributed by atoms with Gasteiger partial charge in [0.05, 0.1) is 10.9 Å². The quantitative estimate of drug-likeness (QED) is 0.591. The van der Waals surface area contributed by atoms with Crippen LogP contribution in [0.3, 0.4) is 0 Å². The Morgan fingerprint density at radius 2 is 2.46 bits per heavy atom. The van der Waals surface area contributed by atoms with Crippen molar-refractivity contribution in [3.05, 3.63) is 30.1 Å². The Hall–Kier alpha value is -1.03. The van der Waals surface area contributed by atoms with Crippen molar-refractivity contribution < 1.29 is 9.53 Å². The van der Waals surface area contributed by atoms with Crippen molar-refractivity contribution in [2.75, 3.05) is 6.61 Å². The van der Waals surface area contributed by atoms with Crippen LogP contribution in [0.5, 0.6) is 0 Å². The summed E-state index contributed by atoms with van der Waals surface area (Å²) in [5, 5.41) is -0.148. The molecule has 0 aliphatic rings. The van der Waals surface area contributed by atoms with E-state index in [1.54, 1.807) is 6.20 Å². The fourth-order valence-corrected chi connectivity index (χ4v) is 1.08. The van der Waals surface area contributed by atoms with Crippen LogP contribution in [0.4, 0.5) is 0 Å². The molecule has 13 heavy (non-hydrogen) atoms. The van der Waals surface area contributed by atoms with E-state index in [-0.39, 0.29) is 17.8 Å². The average molecular weight is 197 g/mol. The molecule has 0 aromatic carbocycles. The second-order valence-corrected chi connectivity index (χ2v) is 3.20. The normalized spacial score (nSPS) is 12.2. The summed E-state index contributed by atoms with van der Waals surface area (Å²) in [5.41, 5.74) is 0.812. The number of carbonyl (C=O) groups excluding carboxylic acids is 1. The predicted molar refractivity (Wildman–Crippen MR) is 52.6 cm³/mol. The van der Waals surface area contributed by atoms with Gasteiger partial charge in [0, 0.05) is 13.1 Å². The zero-order valence-electron chi connectivity index (χ0n) is 7.30. The Bertz CT molecular complexity index is 276. The molecule has 4 heteroatoms. The Balaban J connectivity index is 2.49. The van der Waals surface area contributed by atoms with E-state index < -0.39 is 0 Å². The highest BCUT2D eigenvalue weighted by atomic mass is 32.1. The Morgan fingerprint density at radius 1 is 1.69 bits per heavy atom. The number of ether oxygens (including phenoxy) is 1. The number of esters is 1. The molecule has 0 aliphatic heterocycles. The number of pyridine rings is 1. The van der Waals surface area contributed by atoms with Crippen molar-refractivity contribution >= 4 is 18.6 Å². The number of hydrogen-bond donors (Lipinski definition) is 1. The van der Waals surface area contributed by atoms with Crippen LogP contribution in [-0.2, 0) is 9.53 Å². The fraction of sp³-hybridized carbons (Fsp3) is 0.333. The molecule has 0 bridgehead atoms. The lowest BCUT2D eigenvalue weighted by Gasteiger charge is -2.08. The first kappa shape index (κ1) is 10.1. The van der Waals surface area contributed by atoms with Crippen LogP contribution in [-0.4, -0.2) is 17.6 Å². The molecule has 0 saturated heterocycles. The molecular weight excluding hydrogens is 186 g/mol. The molecule has 0 spiro atoms. The van der Waals surface area contributed by atoms with Gasteiger partial charge in [-0.05, 0) is 12.1 Å². The van der Waals surface area contributed by atoms with Gasteiger partial charge >= 0.3 is 5.97 Å². The molecular formula is C9H11NO2S. The van der Waals surface area contributed by atoms with Gasteiger partial charge in [-0.3, -0.25) is 9.78 Å². The molecule has 1 heterocycles. The van der Waals surface area contributed by atoms with Gasteiger partial charge in [-0.25, -0.2) is 0 Å². The number of hydrogen-bond acceptors (Lipinski definition) is 4. The zero-order chi connectivity index (χ0) is 9.68. The number of carbonyl (C=O) groups is 1. The van der Waals surface area contributed by atoms with Gasteiger partial charge in [0.25, 0.3) is 0 Å². The molecule has 1 rings (SSSR count). The molecule has 1 aromatic heterocycles. The van der Waals surface area contributed by atoms with E-state index >= 15 is 0 Å². The molecule has 0 fully saturated rings. The van der Waals surface area contributed by atoms with Gasteiger partial charge in [-0.15, -0.1) is 0 Å². The van der Waals surface area contributed by atoms with Gasteiger partial charge in [0.2, 0.25) is 0 Å². The van der Waals surface area contributed by atoms with Crippen molar-refractivity contribution in [1.82, 2.24) is 4.98 Å². The van der Waals surface area contributed by atoms with E-state index in [1.807, 2.05) is 18.2 Å². The van der Waals surface area contributed by atoms with Gasteiger partial charge in [0.1, 0.15) is 6.61 Å². The van der Waals surface area contributed by atoms with E-state index in [1.165, 1.54) is 6.92 Å². The molecule has 0 radical (unpaired) electrons. The van der Waals surface area contributed by atoms with Gasteiger partial charge in [-0.2, -0.15) is 12.6 Å². The monoisotopic (exact) mass is 197 g/mol. The zero-order valence-corrected chi connectivity index (χ0v) is 8.20. The summed E-state index contributed by atoms with van der Waals surface area (Å²) in [5.74, 6) is -0.296. The maximum absolute atomic E-state index is 10.5. The maximum Gasteiger partial charge on any atom is 0.302 e. The van der Waals surface area contributed by atoms with E-state index in [2.05, 4.69) is 17.6 Å². The lowest BCUT2D eigenvalue weighted by atomic mass is 10.3. The van der Waals surface area contributed by atoms with Crippen molar-refractivity contribution in [3.8, 4) is 0 Å². The summed E-state index contributed by atoms with van der Waals surface area (Å²) in [6, 6.07) is 5.55. The second kappa shape index (κ2) is 4.87. The summed E-state index contributed by atoms with van der Waals surface area (Å²) in [6.07, 6.45) is 1.69. The predicted octanol–water partition coefficient (Wildman–Crippen LogP) is 1.62. The first-order chi connectivity index (χ1) is 6.20. The summed E-state index contributed by atoms with van der Waals surface area (Å²) in [4.78, 5) is 14.6. The van der Waals surface area contributed by atoms with Crippen molar-refractivity contribution in [1.29, 1.82) is 0 Å². The first-order valence-electron chi connectivity index (χ1n) is 3.92. The Labute approximate surface area is 82.5 Å². The Kier molecular flexibility index (Phi) is 3.76. The molecule has 1 unspecified atom stereocenters. The Morgan fingerprint density at radius 3 is 3.00 bits per heavy atom. The van der Waals surface area contributed by atoms with Crippen LogP contribution < -0.4 is 0 Å². The van der Waals surface area contributed by atoms with E-state index in [0.717, 1.165) is 5.69 Å². The summed E-state index contributed by atoms with van der Waals surface area (Å²) in [7, 11) is 0. The number of thiol groups is 1. The van der Waals surface area contributed by atoms with Crippen LogP contribution in [0.2, 0.25) is 0 Å². The van der Waals surface area contributed by atoms with Crippen molar-refractivity contribution in [2.24, 2.45) is 0 Å². The van der Waals surface area contributed by atoms with Crippen LogP contribution in [0.25, 0.3) is 0 Å². The highest BCUT2D eigenvalue weighted by molar-refractivity contribution is 7.80. The second-order valence-electron chi connectivity index (χ2n) is 2.57. The maximum atomic E-state index is 10.5. The third-order valence-corrected chi connectivity index (χ3v) is 1.89. The molecule has 0 N–H and O–H groups in total. The molecule has 3 nitrogen and oxygen atoms in total. The molecule has 1 atom stereocenters. The SMILES string of the molecule is CC(=O)OCC(S)c1ccccn1. The minimum atomic E-state index is -0.296. The summed E-state index contributed by atoms with van der Waals surface area (Å²) >= 11 is 4.25. The largest absolute Gasteiger partial charge is 0.464 e. The van der Waals surface area contributed by atoms with Crippen molar-refractivity contribution in [2.45, 2.75) is 12.2 Å². The van der Waals surface area contributed by atoms with Crippen LogP contribution in [0.1, 0.15) is 17.9 Å². The van der Waals surface area contributed by atoms with E-state index in [4.69, 9.17) is 4.74 Å². The van der Waals surface area contributed by atoms with E-state index in [9.17, 15) is 4.79 Å². The van der Waals surface area contributed by atoms with Gasteiger partial charge < -0.3 is 4.74 Å². The lowest BCUT2D eigenvalue weighted by Crippen LogP contribution is -2.07. The number of nitrogens with zero attached hydrogens (tertiary/aromatic N) is 1. The van der Waals surface area contributed by atoms with E-state index in [0.29, 0.717) is 0 Å². The number of rotatable bonds is 3. The smallest absolute Gasteiger partial charge is 0.302 e.